The third-order valence-electron chi connectivity index (χ3n) is 1.55. The summed E-state index contributed by atoms with van der Waals surface area (Å²) >= 11 is 0.300. The zero-order chi connectivity index (χ0) is 8.81. The van der Waals surface area contributed by atoms with Crippen LogP contribution in [0, 0.1) is 0 Å². The summed E-state index contributed by atoms with van der Waals surface area (Å²) < 4.78 is 13.7. The first-order chi connectivity index (χ1) is 5.97. The number of hydrogen-bond donors (Lipinski definition) is 0. The van der Waals surface area contributed by atoms with Gasteiger partial charge in [-0.2, -0.15) is 0 Å². The number of hydrogen-bond acceptors (Lipinski definition) is 2. The molecule has 1 aliphatic rings. The average molecular weight is 271 g/mol. The Morgan fingerprint density at radius 3 is 2.75 bits per heavy atom. The molecule has 2 nitrogen and oxygen atoms in total. The van der Waals surface area contributed by atoms with Crippen molar-refractivity contribution in [3.05, 3.63) is 35.9 Å². The van der Waals surface area contributed by atoms with E-state index in [9.17, 15) is 0 Å². The predicted molar refractivity (Wildman–Crippen MR) is 48.8 cm³/mol. The molecule has 2 rings (SSSR count). The van der Waals surface area contributed by atoms with Gasteiger partial charge in [-0.25, -0.2) is 0 Å². The second-order valence-electron chi connectivity index (χ2n) is 2.25. The van der Waals surface area contributed by atoms with Crippen molar-refractivity contribution in [2.24, 2.45) is 0 Å². The van der Waals surface area contributed by atoms with Crippen LogP contribution < -0.4 is 4.74 Å². The number of para-hydroxylation sites is 1. The summed E-state index contributed by atoms with van der Waals surface area (Å²) in [5.41, 5.74) is 1.17. The van der Waals surface area contributed by atoms with E-state index in [1.54, 1.807) is 0 Å². The molecule has 0 aliphatic carbocycles. The van der Waals surface area contributed by atoms with E-state index < -0.39 is 0 Å². The second kappa shape index (κ2) is 5.10. The van der Waals surface area contributed by atoms with Crippen LogP contribution in [0.5, 0.6) is 5.75 Å². The van der Waals surface area contributed by atoms with Gasteiger partial charge in [0.05, 0.1) is 0 Å². The second-order valence-corrected chi connectivity index (χ2v) is 2.25. The van der Waals surface area contributed by atoms with Crippen molar-refractivity contribution < 1.29 is 7.75 Å². The monoisotopic (exact) mass is 270 g/mol. The molecule has 3 heteroatoms. The van der Waals surface area contributed by atoms with Gasteiger partial charge in [-0.3, -0.25) is 0 Å². The molecule has 1 aromatic carbocycles. The molecule has 0 amide bonds. The van der Waals surface area contributed by atoms with E-state index in [1.165, 1.54) is 5.56 Å². The fraction of sp³-hybridized carbons (Fsp3) is 0.111. The molecule has 0 N–H and O–H groups in total. The SMILES string of the molecule is C1=Cc2ccccc2OC1.[O]=[SbH]. The van der Waals surface area contributed by atoms with Gasteiger partial charge in [-0.1, -0.05) is 24.3 Å². The van der Waals surface area contributed by atoms with Crippen molar-refractivity contribution in [3.8, 4) is 5.75 Å². The van der Waals surface area contributed by atoms with Gasteiger partial charge in [0.15, 0.2) is 0 Å². The molecule has 0 radical (unpaired) electrons. The van der Waals surface area contributed by atoms with Crippen molar-refractivity contribution in [3.63, 3.8) is 0 Å². The Hall–Kier alpha value is -0.622. The first kappa shape index (κ1) is 9.47. The van der Waals surface area contributed by atoms with Gasteiger partial charge < -0.3 is 4.74 Å². The number of ether oxygens (including phenoxy) is 1. The third-order valence-corrected chi connectivity index (χ3v) is 1.55. The Kier molecular flexibility index (Phi) is 4.02. The summed E-state index contributed by atoms with van der Waals surface area (Å²) in [5.74, 6) is 0.991. The summed E-state index contributed by atoms with van der Waals surface area (Å²) in [7, 11) is 0. The number of rotatable bonds is 0. The molecule has 62 valence electrons. The summed E-state index contributed by atoms with van der Waals surface area (Å²) in [4.78, 5) is 0. The van der Waals surface area contributed by atoms with Gasteiger partial charge in [0.25, 0.3) is 0 Å². The van der Waals surface area contributed by atoms with E-state index in [2.05, 4.69) is 6.08 Å². The Morgan fingerprint density at radius 1 is 1.25 bits per heavy atom. The Bertz CT molecular complexity index is 284. The summed E-state index contributed by atoms with van der Waals surface area (Å²) in [6.07, 6.45) is 4.10. The fourth-order valence-electron chi connectivity index (χ4n) is 1.06. The molecular weight excluding hydrogens is 262 g/mol. The minimum atomic E-state index is 0.300. The van der Waals surface area contributed by atoms with Crippen LogP contribution in [0.1, 0.15) is 5.56 Å². The Morgan fingerprint density at radius 2 is 2.00 bits per heavy atom. The molecule has 0 spiro atoms. The van der Waals surface area contributed by atoms with Crippen molar-refractivity contribution >= 4 is 29.1 Å². The maximum atomic E-state index is 8.34. The van der Waals surface area contributed by atoms with Crippen LogP contribution in [-0.2, 0) is 3.02 Å². The molecule has 1 aromatic rings. The zero-order valence-corrected chi connectivity index (χ0v) is 9.34. The van der Waals surface area contributed by atoms with E-state index in [4.69, 9.17) is 7.75 Å². The van der Waals surface area contributed by atoms with E-state index in [0.717, 1.165) is 5.75 Å². The number of benzene rings is 1. The van der Waals surface area contributed by atoms with Gasteiger partial charge in [0.1, 0.15) is 12.4 Å². The van der Waals surface area contributed by atoms with Crippen molar-refractivity contribution in [1.82, 2.24) is 0 Å². The van der Waals surface area contributed by atoms with Crippen molar-refractivity contribution in [2.45, 2.75) is 0 Å². The van der Waals surface area contributed by atoms with Crippen LogP contribution in [0.2, 0.25) is 0 Å². The molecular formula is C9H9O2Sb. The van der Waals surface area contributed by atoms with Crippen LogP contribution in [0.25, 0.3) is 6.08 Å². The molecule has 0 atom stereocenters. The van der Waals surface area contributed by atoms with Crippen LogP contribution in [-0.4, -0.2) is 29.6 Å². The van der Waals surface area contributed by atoms with E-state index in [1.807, 2.05) is 30.3 Å². The van der Waals surface area contributed by atoms with Crippen molar-refractivity contribution in [1.29, 1.82) is 0 Å². The normalized spacial score (nSPS) is 12.0. The van der Waals surface area contributed by atoms with Crippen LogP contribution in [0.4, 0.5) is 0 Å². The Labute approximate surface area is 85.1 Å². The van der Waals surface area contributed by atoms with Crippen LogP contribution >= 0.6 is 0 Å². The minimum absolute atomic E-state index is 0.300. The molecule has 0 bridgehead atoms. The van der Waals surface area contributed by atoms with Gasteiger partial charge in [-0.15, -0.1) is 0 Å². The van der Waals surface area contributed by atoms with Crippen LogP contribution in [0.15, 0.2) is 30.3 Å². The molecule has 1 aliphatic heterocycles. The quantitative estimate of drug-likeness (QED) is 0.665. The molecule has 0 saturated carbocycles. The zero-order valence-electron chi connectivity index (χ0n) is 6.49. The average Bonchev–Trinajstić information content (AvgIpc) is 2.21. The van der Waals surface area contributed by atoms with Gasteiger partial charge in [-0.05, 0) is 12.1 Å². The Balaban J connectivity index is 0.000000336. The standard InChI is InChI=1S/C9H8O.O.Sb.H/c1-2-6-9-8(4-1)5-3-7-10-9;;;/h1-6H,7H2;;;. The van der Waals surface area contributed by atoms with E-state index in [0.29, 0.717) is 29.6 Å². The van der Waals surface area contributed by atoms with E-state index >= 15 is 0 Å². The molecule has 0 unspecified atom stereocenters. The molecule has 0 fully saturated rings. The van der Waals surface area contributed by atoms with Gasteiger partial charge in [0, 0.05) is 5.56 Å². The van der Waals surface area contributed by atoms with Crippen LogP contribution in [0.3, 0.4) is 0 Å². The summed E-state index contributed by atoms with van der Waals surface area (Å²) in [5, 5.41) is 0. The van der Waals surface area contributed by atoms with Gasteiger partial charge >= 0.3 is 26.0 Å². The first-order valence-corrected chi connectivity index (χ1v) is 4.72. The summed E-state index contributed by atoms with van der Waals surface area (Å²) in [6, 6.07) is 8.03. The van der Waals surface area contributed by atoms with Gasteiger partial charge in [0.2, 0.25) is 0 Å². The predicted octanol–water partition coefficient (Wildman–Crippen LogP) is 1.32. The maximum absolute atomic E-state index is 8.34. The summed E-state index contributed by atoms with van der Waals surface area (Å²) in [6.45, 7) is 0.705. The fourth-order valence-corrected chi connectivity index (χ4v) is 1.06. The van der Waals surface area contributed by atoms with E-state index in [-0.39, 0.29) is 0 Å². The van der Waals surface area contributed by atoms with Crippen molar-refractivity contribution in [2.75, 3.05) is 6.61 Å². The topological polar surface area (TPSA) is 26.3 Å². The molecule has 0 saturated heterocycles. The first-order valence-electron chi connectivity index (χ1n) is 3.55. The third kappa shape index (κ3) is 2.18. The number of fused-ring (bicyclic) bond motifs is 1. The molecule has 12 heavy (non-hydrogen) atoms. The molecule has 1 heterocycles. The molecule has 0 aromatic heterocycles.